The summed E-state index contributed by atoms with van der Waals surface area (Å²) in [4.78, 5) is 15.8. The Bertz CT molecular complexity index is 1100. The monoisotopic (exact) mass is 378 g/mol. The maximum Gasteiger partial charge on any atom is 0.266 e. The predicted molar refractivity (Wildman–Crippen MR) is 103 cm³/mol. The molecule has 8 heteroatoms. The van der Waals surface area contributed by atoms with Crippen molar-refractivity contribution in [2.75, 3.05) is 0 Å². The van der Waals surface area contributed by atoms with Crippen LogP contribution in [0.15, 0.2) is 66.2 Å². The van der Waals surface area contributed by atoms with Gasteiger partial charge in [-0.25, -0.2) is 9.97 Å². The number of H-pyrrole nitrogens is 1. The topological polar surface area (TPSA) is 104 Å². The van der Waals surface area contributed by atoms with Crippen LogP contribution in [0.1, 0.15) is 29.3 Å². The number of nitrogens with two attached hydrogens (primary N) is 1. The van der Waals surface area contributed by atoms with E-state index in [1.54, 1.807) is 30.5 Å². The van der Waals surface area contributed by atoms with Crippen molar-refractivity contribution in [1.29, 1.82) is 5.26 Å². The van der Waals surface area contributed by atoms with Gasteiger partial charge in [0, 0.05) is 29.6 Å². The molecule has 0 aliphatic rings. The van der Waals surface area contributed by atoms with Gasteiger partial charge in [0.05, 0.1) is 23.4 Å². The van der Waals surface area contributed by atoms with E-state index in [9.17, 15) is 8.78 Å². The molecular weight excluding hydrogens is 362 g/mol. The molecule has 3 aromatic rings. The molecule has 1 unspecified atom stereocenters. The minimum Gasteiger partial charge on any atom is -0.404 e. The van der Waals surface area contributed by atoms with Crippen molar-refractivity contribution in [3.8, 4) is 6.07 Å². The molecule has 1 atom stereocenters. The minimum absolute atomic E-state index is 0.0189. The van der Waals surface area contributed by atoms with Gasteiger partial charge in [-0.05, 0) is 36.3 Å². The fourth-order valence-corrected chi connectivity index (χ4v) is 2.76. The van der Waals surface area contributed by atoms with Crippen molar-refractivity contribution in [1.82, 2.24) is 15.0 Å². The Hall–Kier alpha value is -3.86. The standard InChI is InChI=1S/C20H16F2N6/c21-18(22)5-4-17(14-3-1-2-13(8-14)9-23)26-11-15(10-24)19-16-6-7-25-20(16)28-12-27-19/h1-3,5-8,10-12,17H,4,24H2,(H,25,27,28). The Kier molecular flexibility index (Phi) is 5.87. The zero-order valence-electron chi connectivity index (χ0n) is 14.7. The summed E-state index contributed by atoms with van der Waals surface area (Å²) in [5, 5.41) is 9.85. The Labute approximate surface area is 159 Å². The molecule has 0 aliphatic heterocycles. The molecular formula is C20H16F2N6. The number of hydrogen-bond acceptors (Lipinski definition) is 5. The van der Waals surface area contributed by atoms with E-state index < -0.39 is 12.1 Å². The number of allylic oxidation sites excluding steroid dienone is 1. The van der Waals surface area contributed by atoms with Gasteiger partial charge < -0.3 is 10.7 Å². The third kappa shape index (κ3) is 4.27. The van der Waals surface area contributed by atoms with Crippen molar-refractivity contribution < 1.29 is 8.78 Å². The highest BCUT2D eigenvalue weighted by molar-refractivity contribution is 6.13. The van der Waals surface area contributed by atoms with Gasteiger partial charge in [0.2, 0.25) is 0 Å². The summed E-state index contributed by atoms with van der Waals surface area (Å²) in [6, 6.07) is 9.96. The van der Waals surface area contributed by atoms with Crippen LogP contribution in [0.3, 0.4) is 0 Å². The first-order chi connectivity index (χ1) is 13.6. The third-order valence-corrected chi connectivity index (χ3v) is 4.10. The molecule has 0 spiro atoms. The fourth-order valence-electron chi connectivity index (χ4n) is 2.76. The van der Waals surface area contributed by atoms with Crippen molar-refractivity contribution in [3.05, 3.63) is 78.0 Å². The predicted octanol–water partition coefficient (Wildman–Crippen LogP) is 4.11. The average Bonchev–Trinajstić information content (AvgIpc) is 3.20. The Morgan fingerprint density at radius 1 is 1.32 bits per heavy atom. The van der Waals surface area contributed by atoms with Crippen LogP contribution in [0.2, 0.25) is 0 Å². The zero-order chi connectivity index (χ0) is 19.9. The molecule has 2 heterocycles. The van der Waals surface area contributed by atoms with Crippen LogP contribution < -0.4 is 5.73 Å². The van der Waals surface area contributed by atoms with Crippen molar-refractivity contribution >= 4 is 22.8 Å². The lowest BCUT2D eigenvalue weighted by Crippen LogP contribution is -2.00. The average molecular weight is 378 g/mol. The van der Waals surface area contributed by atoms with Gasteiger partial charge in [-0.1, -0.05) is 12.1 Å². The largest absolute Gasteiger partial charge is 0.404 e. The van der Waals surface area contributed by atoms with E-state index >= 15 is 0 Å². The fraction of sp³-hybridized carbons (Fsp3) is 0.100. The molecule has 28 heavy (non-hydrogen) atoms. The molecule has 3 rings (SSSR count). The van der Waals surface area contributed by atoms with Crippen LogP contribution in [0.25, 0.3) is 16.6 Å². The molecule has 0 fully saturated rings. The number of fused-ring (bicyclic) bond motifs is 1. The van der Waals surface area contributed by atoms with E-state index in [2.05, 4.69) is 19.9 Å². The first kappa shape index (κ1) is 18.9. The number of aromatic amines is 1. The molecule has 0 bridgehead atoms. The van der Waals surface area contributed by atoms with Gasteiger partial charge in [0.1, 0.15) is 12.0 Å². The molecule has 2 aromatic heterocycles. The Balaban J connectivity index is 1.96. The van der Waals surface area contributed by atoms with Crippen LogP contribution in [0.5, 0.6) is 0 Å². The molecule has 0 amide bonds. The van der Waals surface area contributed by atoms with Crippen LogP contribution in [0, 0.1) is 11.3 Å². The van der Waals surface area contributed by atoms with E-state index in [4.69, 9.17) is 11.0 Å². The molecule has 0 saturated carbocycles. The van der Waals surface area contributed by atoms with E-state index in [0.717, 1.165) is 11.5 Å². The zero-order valence-corrected chi connectivity index (χ0v) is 14.7. The first-order valence-electron chi connectivity index (χ1n) is 8.37. The maximum atomic E-state index is 12.6. The van der Waals surface area contributed by atoms with Crippen LogP contribution >= 0.6 is 0 Å². The highest BCUT2D eigenvalue weighted by Crippen LogP contribution is 2.25. The second kappa shape index (κ2) is 8.68. The van der Waals surface area contributed by atoms with Gasteiger partial charge in [0.15, 0.2) is 0 Å². The number of halogens is 2. The van der Waals surface area contributed by atoms with Crippen LogP contribution in [-0.2, 0) is 0 Å². The van der Waals surface area contributed by atoms with Gasteiger partial charge in [0.25, 0.3) is 6.08 Å². The number of hydrogen-bond donors (Lipinski definition) is 2. The van der Waals surface area contributed by atoms with Gasteiger partial charge in [-0.2, -0.15) is 14.0 Å². The van der Waals surface area contributed by atoms with Gasteiger partial charge in [-0.3, -0.25) is 4.99 Å². The van der Waals surface area contributed by atoms with Crippen molar-refractivity contribution in [3.63, 3.8) is 0 Å². The first-order valence-corrected chi connectivity index (χ1v) is 8.37. The maximum absolute atomic E-state index is 12.6. The summed E-state index contributed by atoms with van der Waals surface area (Å²) in [5.74, 6) is 0. The van der Waals surface area contributed by atoms with Crippen LogP contribution in [0.4, 0.5) is 8.78 Å². The molecule has 6 nitrogen and oxygen atoms in total. The summed E-state index contributed by atoms with van der Waals surface area (Å²) in [6.07, 6.45) is 5.00. The van der Waals surface area contributed by atoms with E-state index in [-0.39, 0.29) is 6.42 Å². The molecule has 140 valence electrons. The molecule has 0 aliphatic carbocycles. The lowest BCUT2D eigenvalue weighted by molar-refractivity contribution is 0.415. The van der Waals surface area contributed by atoms with Crippen molar-refractivity contribution in [2.45, 2.75) is 12.5 Å². The van der Waals surface area contributed by atoms with Gasteiger partial charge in [-0.15, -0.1) is 0 Å². The molecule has 0 saturated heterocycles. The number of aliphatic imine (C=N–C) groups is 1. The third-order valence-electron chi connectivity index (χ3n) is 4.10. The van der Waals surface area contributed by atoms with E-state index in [0.29, 0.717) is 28.0 Å². The minimum atomic E-state index is -1.78. The Morgan fingerprint density at radius 2 is 2.18 bits per heavy atom. The lowest BCUT2D eigenvalue weighted by atomic mass is 10.0. The number of rotatable bonds is 6. The SMILES string of the molecule is N#Cc1cccc(C(CC=C(F)F)N=CC(=CN)c2ncnc3[nH]ccc23)c1. The number of benzene rings is 1. The lowest BCUT2D eigenvalue weighted by Gasteiger charge is -2.11. The number of nitrogens with zero attached hydrogens (tertiary/aromatic N) is 4. The normalized spacial score (nSPS) is 12.8. The van der Waals surface area contributed by atoms with E-state index in [1.807, 2.05) is 12.1 Å². The number of nitriles is 1. The van der Waals surface area contributed by atoms with Crippen LogP contribution in [-0.4, -0.2) is 21.2 Å². The molecule has 1 aromatic carbocycles. The van der Waals surface area contributed by atoms with E-state index in [1.165, 1.54) is 18.7 Å². The van der Waals surface area contributed by atoms with Gasteiger partial charge >= 0.3 is 0 Å². The number of aromatic nitrogens is 3. The Morgan fingerprint density at radius 3 is 2.93 bits per heavy atom. The smallest absolute Gasteiger partial charge is 0.266 e. The molecule has 0 radical (unpaired) electrons. The summed E-state index contributed by atoms with van der Waals surface area (Å²) < 4.78 is 25.3. The summed E-state index contributed by atoms with van der Waals surface area (Å²) in [7, 11) is 0. The summed E-state index contributed by atoms with van der Waals surface area (Å²) in [6.45, 7) is 0. The second-order valence-corrected chi connectivity index (χ2v) is 5.84. The molecule has 3 N–H and O–H groups in total. The number of nitrogens with one attached hydrogen (secondary N) is 1. The quantitative estimate of drug-likeness (QED) is 0.630. The summed E-state index contributed by atoms with van der Waals surface area (Å²) in [5.41, 5.74) is 8.60. The summed E-state index contributed by atoms with van der Waals surface area (Å²) >= 11 is 0. The van der Waals surface area contributed by atoms with Crippen molar-refractivity contribution in [2.24, 2.45) is 10.7 Å². The highest BCUT2D eigenvalue weighted by atomic mass is 19.3. The second-order valence-electron chi connectivity index (χ2n) is 5.84. The highest BCUT2D eigenvalue weighted by Gasteiger charge is 2.12.